The Labute approximate surface area is 122 Å². The van der Waals surface area contributed by atoms with E-state index in [9.17, 15) is 4.79 Å². The number of benzene rings is 1. The van der Waals surface area contributed by atoms with Gasteiger partial charge in [-0.25, -0.2) is 0 Å². The molecule has 0 saturated carbocycles. The number of hydrogen-bond acceptors (Lipinski definition) is 2. The monoisotopic (exact) mass is 284 g/mol. The second kappa shape index (κ2) is 8.94. The fraction of sp³-hybridized carbons (Fsp3) is 0.533. The van der Waals surface area contributed by atoms with Crippen LogP contribution in [0.3, 0.4) is 0 Å². The lowest BCUT2D eigenvalue weighted by atomic mass is 10.0. The van der Waals surface area contributed by atoms with E-state index in [2.05, 4.69) is 37.4 Å². The number of halogens is 1. The van der Waals surface area contributed by atoms with Crippen molar-refractivity contribution in [2.24, 2.45) is 5.73 Å². The molecule has 0 radical (unpaired) electrons. The Hall–Kier alpha value is -1.06. The molecule has 1 atom stereocenters. The largest absolute Gasteiger partial charge is 0.354 e. The van der Waals surface area contributed by atoms with Crippen molar-refractivity contribution in [3.05, 3.63) is 34.9 Å². The molecule has 1 unspecified atom stereocenters. The second-order valence-corrected chi connectivity index (χ2v) is 4.81. The Bertz CT molecular complexity index is 387. The molecule has 0 saturated heterocycles. The van der Waals surface area contributed by atoms with E-state index in [0.717, 1.165) is 19.3 Å². The quantitative estimate of drug-likeness (QED) is 0.843. The third-order valence-electron chi connectivity index (χ3n) is 3.26. The van der Waals surface area contributed by atoms with Gasteiger partial charge in [-0.2, -0.15) is 0 Å². The molecule has 0 bridgehead atoms. The third-order valence-corrected chi connectivity index (χ3v) is 3.26. The summed E-state index contributed by atoms with van der Waals surface area (Å²) >= 11 is 0. The van der Waals surface area contributed by atoms with Gasteiger partial charge < -0.3 is 11.1 Å². The van der Waals surface area contributed by atoms with Gasteiger partial charge in [0.1, 0.15) is 0 Å². The highest BCUT2D eigenvalue weighted by atomic mass is 35.5. The number of nitrogens with one attached hydrogen (secondary N) is 1. The van der Waals surface area contributed by atoms with Crippen molar-refractivity contribution >= 4 is 18.3 Å². The van der Waals surface area contributed by atoms with E-state index in [-0.39, 0.29) is 24.4 Å². The van der Waals surface area contributed by atoms with Gasteiger partial charge in [0.25, 0.3) is 0 Å². The van der Waals surface area contributed by atoms with E-state index in [1.54, 1.807) is 0 Å². The van der Waals surface area contributed by atoms with Crippen LogP contribution in [0.4, 0.5) is 0 Å². The highest BCUT2D eigenvalue weighted by Gasteiger charge is 2.11. The molecule has 0 aliphatic heterocycles. The topological polar surface area (TPSA) is 55.1 Å². The number of amides is 1. The maximum atomic E-state index is 11.7. The molecular formula is C15H25ClN2O. The smallest absolute Gasteiger partial charge is 0.236 e. The van der Waals surface area contributed by atoms with Crippen LogP contribution in [0.5, 0.6) is 0 Å². The van der Waals surface area contributed by atoms with Crippen LogP contribution >= 0.6 is 12.4 Å². The minimum Gasteiger partial charge on any atom is -0.354 e. The first-order chi connectivity index (χ1) is 8.56. The molecule has 1 aromatic carbocycles. The molecule has 1 aromatic rings. The van der Waals surface area contributed by atoms with E-state index in [1.807, 2.05) is 6.92 Å². The zero-order chi connectivity index (χ0) is 13.5. The van der Waals surface area contributed by atoms with Crippen LogP contribution in [0.15, 0.2) is 18.2 Å². The summed E-state index contributed by atoms with van der Waals surface area (Å²) in [6, 6.07) is 5.90. The summed E-state index contributed by atoms with van der Waals surface area (Å²) in [5.74, 6) is -0.0388. The Morgan fingerprint density at radius 1 is 1.32 bits per heavy atom. The van der Waals surface area contributed by atoms with Crippen LogP contribution in [0.1, 0.15) is 36.5 Å². The van der Waals surface area contributed by atoms with Gasteiger partial charge in [-0.15, -0.1) is 12.4 Å². The van der Waals surface area contributed by atoms with Crippen molar-refractivity contribution < 1.29 is 4.79 Å². The fourth-order valence-corrected chi connectivity index (χ4v) is 2.13. The molecule has 0 aliphatic rings. The lowest BCUT2D eigenvalue weighted by Crippen LogP contribution is -2.41. The van der Waals surface area contributed by atoms with Gasteiger partial charge >= 0.3 is 0 Å². The maximum Gasteiger partial charge on any atom is 0.236 e. The first kappa shape index (κ1) is 17.9. The number of nitrogens with two attached hydrogens (primary N) is 1. The number of carbonyl (C=O) groups is 1. The standard InChI is InChI=1S/C15H24N2O.ClH/c1-4-6-14(16)15(18)17-10-9-13-11(2)7-5-8-12(13)3;/h5,7-8,14H,4,6,9-10,16H2,1-3H3,(H,17,18);1H. The van der Waals surface area contributed by atoms with Crippen molar-refractivity contribution in [3.63, 3.8) is 0 Å². The zero-order valence-corrected chi connectivity index (χ0v) is 12.8. The van der Waals surface area contributed by atoms with E-state index in [0.29, 0.717) is 6.54 Å². The molecule has 1 amide bonds. The zero-order valence-electron chi connectivity index (χ0n) is 12.0. The van der Waals surface area contributed by atoms with Crippen molar-refractivity contribution in [3.8, 4) is 0 Å². The summed E-state index contributed by atoms with van der Waals surface area (Å²) in [5.41, 5.74) is 9.64. The molecule has 1 rings (SSSR count). The molecule has 0 fully saturated rings. The molecule has 3 nitrogen and oxygen atoms in total. The molecular weight excluding hydrogens is 260 g/mol. The van der Waals surface area contributed by atoms with Gasteiger partial charge in [-0.1, -0.05) is 31.5 Å². The first-order valence-electron chi connectivity index (χ1n) is 6.64. The molecule has 0 aromatic heterocycles. The Balaban J connectivity index is 0.00000324. The number of carbonyl (C=O) groups excluding carboxylic acids is 1. The van der Waals surface area contributed by atoms with Crippen molar-refractivity contribution in [2.45, 2.75) is 46.1 Å². The van der Waals surface area contributed by atoms with Gasteiger partial charge in [0, 0.05) is 6.54 Å². The molecule has 19 heavy (non-hydrogen) atoms. The molecule has 4 heteroatoms. The van der Waals surface area contributed by atoms with Crippen molar-refractivity contribution in [1.82, 2.24) is 5.32 Å². The third kappa shape index (κ3) is 5.62. The fourth-order valence-electron chi connectivity index (χ4n) is 2.13. The van der Waals surface area contributed by atoms with Crippen LogP contribution in [-0.4, -0.2) is 18.5 Å². The summed E-state index contributed by atoms with van der Waals surface area (Å²) in [5, 5.41) is 2.91. The lowest BCUT2D eigenvalue weighted by molar-refractivity contribution is -0.122. The van der Waals surface area contributed by atoms with Gasteiger partial charge in [0.05, 0.1) is 6.04 Å². The second-order valence-electron chi connectivity index (χ2n) is 4.81. The lowest BCUT2D eigenvalue weighted by Gasteiger charge is -2.13. The highest BCUT2D eigenvalue weighted by molar-refractivity contribution is 5.85. The van der Waals surface area contributed by atoms with Crippen LogP contribution in [0.25, 0.3) is 0 Å². The van der Waals surface area contributed by atoms with Crippen LogP contribution in [0.2, 0.25) is 0 Å². The van der Waals surface area contributed by atoms with E-state index < -0.39 is 0 Å². The first-order valence-corrected chi connectivity index (χ1v) is 6.64. The molecule has 3 N–H and O–H groups in total. The summed E-state index contributed by atoms with van der Waals surface area (Å²) in [6.45, 7) is 6.89. The Morgan fingerprint density at radius 2 is 1.89 bits per heavy atom. The van der Waals surface area contributed by atoms with Gasteiger partial charge in [-0.3, -0.25) is 4.79 Å². The van der Waals surface area contributed by atoms with E-state index in [1.165, 1.54) is 16.7 Å². The van der Waals surface area contributed by atoms with Crippen molar-refractivity contribution in [2.75, 3.05) is 6.54 Å². The minimum absolute atomic E-state index is 0. The minimum atomic E-state index is -0.368. The predicted octanol–water partition coefficient (Wildman–Crippen LogP) is 2.51. The normalized spacial score (nSPS) is 11.6. The molecule has 0 aliphatic carbocycles. The van der Waals surface area contributed by atoms with Gasteiger partial charge in [0.2, 0.25) is 5.91 Å². The van der Waals surface area contributed by atoms with Gasteiger partial charge in [-0.05, 0) is 43.4 Å². The number of aryl methyl sites for hydroxylation is 2. The summed E-state index contributed by atoms with van der Waals surface area (Å²) in [4.78, 5) is 11.7. The summed E-state index contributed by atoms with van der Waals surface area (Å²) < 4.78 is 0. The number of hydrogen-bond donors (Lipinski definition) is 2. The summed E-state index contributed by atoms with van der Waals surface area (Å²) in [6.07, 6.45) is 2.55. The average molecular weight is 285 g/mol. The molecule has 108 valence electrons. The number of rotatable bonds is 6. The summed E-state index contributed by atoms with van der Waals surface area (Å²) in [7, 11) is 0. The maximum absolute atomic E-state index is 11.7. The average Bonchev–Trinajstić information content (AvgIpc) is 2.33. The highest BCUT2D eigenvalue weighted by Crippen LogP contribution is 2.13. The molecule has 0 heterocycles. The van der Waals surface area contributed by atoms with E-state index in [4.69, 9.17) is 5.73 Å². The Morgan fingerprint density at radius 3 is 2.42 bits per heavy atom. The van der Waals surface area contributed by atoms with E-state index >= 15 is 0 Å². The van der Waals surface area contributed by atoms with Crippen molar-refractivity contribution in [1.29, 1.82) is 0 Å². The van der Waals surface area contributed by atoms with Crippen LogP contribution in [0, 0.1) is 13.8 Å². The predicted molar refractivity (Wildman–Crippen MR) is 82.8 cm³/mol. The van der Waals surface area contributed by atoms with Crippen LogP contribution < -0.4 is 11.1 Å². The van der Waals surface area contributed by atoms with Crippen LogP contribution in [-0.2, 0) is 11.2 Å². The Kier molecular flexibility index (Phi) is 8.44. The van der Waals surface area contributed by atoms with Gasteiger partial charge in [0.15, 0.2) is 0 Å². The molecule has 0 spiro atoms. The SMILES string of the molecule is CCCC(N)C(=O)NCCc1c(C)cccc1C.Cl.